The molecule has 0 amide bonds. The maximum Gasteiger partial charge on any atom is 0.275 e. The Bertz CT molecular complexity index is 954. The highest BCUT2D eigenvalue weighted by atomic mass is 32.1. The summed E-state index contributed by atoms with van der Waals surface area (Å²) < 4.78 is 7.45. The van der Waals surface area contributed by atoms with E-state index in [1.807, 2.05) is 6.07 Å². The molecule has 1 fully saturated rings. The van der Waals surface area contributed by atoms with E-state index in [1.165, 1.54) is 21.4 Å². The van der Waals surface area contributed by atoms with Gasteiger partial charge in [0.05, 0.1) is 6.10 Å². The number of hydrogen-bond donors (Lipinski definition) is 1. The lowest BCUT2D eigenvalue weighted by molar-refractivity contribution is -0.0238. The molecule has 3 heterocycles. The molecule has 0 bridgehead atoms. The molecule has 1 aromatic carbocycles. The van der Waals surface area contributed by atoms with Crippen molar-refractivity contribution < 1.29 is 4.74 Å². The third-order valence-corrected chi connectivity index (χ3v) is 5.76. The van der Waals surface area contributed by atoms with Crippen molar-refractivity contribution in [3.63, 3.8) is 0 Å². The smallest absolute Gasteiger partial charge is 0.275 e. The predicted molar refractivity (Wildman–Crippen MR) is 107 cm³/mol. The van der Waals surface area contributed by atoms with E-state index in [9.17, 15) is 4.79 Å². The Balaban J connectivity index is 1.50. The summed E-state index contributed by atoms with van der Waals surface area (Å²) in [6, 6.07) is 12.0. The standard InChI is InChI=1S/C20H24N4O2S/c1-2-7-16-12-17(25)24-20(22-16)27-19(23-24)21-13-15-10-6-11-26-18(15)14-8-4-3-5-9-14/h3-5,8-9,12,15,18H,2,6-7,10-11,13H2,1H3,(H,21,23). The molecule has 0 radical (unpaired) electrons. The first-order chi connectivity index (χ1) is 13.2. The van der Waals surface area contributed by atoms with Gasteiger partial charge in [-0.25, -0.2) is 4.98 Å². The van der Waals surface area contributed by atoms with Crippen LogP contribution in [0.5, 0.6) is 0 Å². The van der Waals surface area contributed by atoms with Crippen molar-refractivity contribution in [3.05, 3.63) is 58.0 Å². The molecule has 6 nitrogen and oxygen atoms in total. The zero-order valence-corrected chi connectivity index (χ0v) is 16.2. The molecular weight excluding hydrogens is 360 g/mol. The summed E-state index contributed by atoms with van der Waals surface area (Å²) in [6.07, 6.45) is 4.05. The summed E-state index contributed by atoms with van der Waals surface area (Å²) in [5.74, 6) is 0.369. The van der Waals surface area contributed by atoms with Gasteiger partial charge in [-0.3, -0.25) is 4.79 Å². The largest absolute Gasteiger partial charge is 0.373 e. The molecule has 142 valence electrons. The number of fused-ring (bicyclic) bond motifs is 1. The van der Waals surface area contributed by atoms with Crippen LogP contribution in [0.2, 0.25) is 0 Å². The molecule has 0 aliphatic carbocycles. The first-order valence-corrected chi connectivity index (χ1v) is 10.4. The summed E-state index contributed by atoms with van der Waals surface area (Å²) in [4.78, 5) is 17.5. The Labute approximate surface area is 162 Å². The Hall–Kier alpha value is -2.25. The molecule has 27 heavy (non-hydrogen) atoms. The van der Waals surface area contributed by atoms with Crippen molar-refractivity contribution >= 4 is 21.4 Å². The van der Waals surface area contributed by atoms with Crippen molar-refractivity contribution in [2.45, 2.75) is 38.7 Å². The van der Waals surface area contributed by atoms with Crippen molar-refractivity contribution in [2.24, 2.45) is 5.92 Å². The highest BCUT2D eigenvalue weighted by Crippen LogP contribution is 2.34. The van der Waals surface area contributed by atoms with Gasteiger partial charge in [0, 0.05) is 30.8 Å². The van der Waals surface area contributed by atoms with E-state index in [4.69, 9.17) is 4.74 Å². The SMILES string of the molecule is CCCc1cc(=O)n2nc(NCC3CCCOC3c3ccccc3)sc2n1. The lowest BCUT2D eigenvalue weighted by Gasteiger charge is -2.32. The van der Waals surface area contributed by atoms with Gasteiger partial charge in [-0.05, 0) is 24.8 Å². The number of rotatable bonds is 6. The summed E-state index contributed by atoms with van der Waals surface area (Å²) in [5.41, 5.74) is 1.94. The highest BCUT2D eigenvalue weighted by Gasteiger charge is 2.27. The lowest BCUT2D eigenvalue weighted by atomic mass is 9.89. The van der Waals surface area contributed by atoms with Crippen molar-refractivity contribution in [3.8, 4) is 0 Å². The fourth-order valence-electron chi connectivity index (χ4n) is 3.59. The number of benzene rings is 1. The fraction of sp³-hybridized carbons (Fsp3) is 0.450. The van der Waals surface area contributed by atoms with E-state index in [0.717, 1.165) is 49.7 Å². The minimum Gasteiger partial charge on any atom is -0.373 e. The Kier molecular flexibility index (Phi) is 5.50. The normalized spacial score (nSPS) is 20.0. The molecule has 1 aliphatic heterocycles. The first-order valence-electron chi connectivity index (χ1n) is 9.55. The van der Waals surface area contributed by atoms with Crippen LogP contribution in [0, 0.1) is 5.92 Å². The Morgan fingerprint density at radius 2 is 2.19 bits per heavy atom. The zero-order valence-electron chi connectivity index (χ0n) is 15.4. The van der Waals surface area contributed by atoms with E-state index >= 15 is 0 Å². The summed E-state index contributed by atoms with van der Waals surface area (Å²) in [5, 5.41) is 8.54. The van der Waals surface area contributed by atoms with Crippen molar-refractivity contribution in [1.82, 2.24) is 14.6 Å². The number of ether oxygens (including phenoxy) is 1. The molecule has 1 aliphatic rings. The van der Waals surface area contributed by atoms with Crippen LogP contribution >= 0.6 is 11.3 Å². The average molecular weight is 385 g/mol. The Morgan fingerprint density at radius 1 is 1.33 bits per heavy atom. The molecule has 0 saturated carbocycles. The molecule has 4 rings (SSSR count). The van der Waals surface area contributed by atoms with E-state index in [2.05, 4.69) is 46.6 Å². The molecule has 1 saturated heterocycles. The molecule has 2 atom stereocenters. The van der Waals surface area contributed by atoms with Crippen LogP contribution in [0.25, 0.3) is 4.96 Å². The van der Waals surface area contributed by atoms with Gasteiger partial charge in [0.25, 0.3) is 5.56 Å². The monoisotopic (exact) mass is 384 g/mol. The van der Waals surface area contributed by atoms with E-state index < -0.39 is 0 Å². The molecule has 3 aromatic rings. The third kappa shape index (κ3) is 4.04. The molecule has 2 aromatic heterocycles. The number of nitrogens with zero attached hydrogens (tertiary/aromatic N) is 3. The molecule has 1 N–H and O–H groups in total. The summed E-state index contributed by atoms with van der Waals surface area (Å²) in [7, 11) is 0. The summed E-state index contributed by atoms with van der Waals surface area (Å²) >= 11 is 1.43. The van der Waals surface area contributed by atoms with Crippen LogP contribution in [0.1, 0.15) is 43.5 Å². The quantitative estimate of drug-likeness (QED) is 0.702. The number of nitrogens with one attached hydrogen (secondary N) is 1. The van der Waals surface area contributed by atoms with Gasteiger partial charge in [0.2, 0.25) is 10.1 Å². The number of aryl methyl sites for hydroxylation is 1. The van der Waals surface area contributed by atoms with E-state index in [-0.39, 0.29) is 11.7 Å². The van der Waals surface area contributed by atoms with Gasteiger partial charge in [-0.2, -0.15) is 4.52 Å². The molecule has 7 heteroatoms. The fourth-order valence-corrected chi connectivity index (χ4v) is 4.42. The van der Waals surface area contributed by atoms with Crippen LogP contribution in [0.3, 0.4) is 0 Å². The lowest BCUT2D eigenvalue weighted by Crippen LogP contribution is -2.28. The first kappa shape index (κ1) is 18.1. The van der Waals surface area contributed by atoms with Crippen LogP contribution in [0.4, 0.5) is 5.13 Å². The minimum atomic E-state index is -0.115. The maximum atomic E-state index is 12.3. The van der Waals surface area contributed by atoms with Gasteiger partial charge >= 0.3 is 0 Å². The van der Waals surface area contributed by atoms with Gasteiger partial charge < -0.3 is 10.1 Å². The molecule has 0 spiro atoms. The zero-order chi connectivity index (χ0) is 18.6. The Morgan fingerprint density at radius 3 is 3.00 bits per heavy atom. The third-order valence-electron chi connectivity index (χ3n) is 4.89. The molecule has 2 unspecified atom stereocenters. The van der Waals surface area contributed by atoms with Crippen LogP contribution < -0.4 is 10.9 Å². The van der Waals surface area contributed by atoms with Crippen LogP contribution in [-0.4, -0.2) is 27.7 Å². The highest BCUT2D eigenvalue weighted by molar-refractivity contribution is 7.20. The van der Waals surface area contributed by atoms with Gasteiger partial charge in [0.1, 0.15) is 0 Å². The van der Waals surface area contributed by atoms with Gasteiger partial charge in [-0.15, -0.1) is 5.10 Å². The second-order valence-corrected chi connectivity index (χ2v) is 7.88. The van der Waals surface area contributed by atoms with Crippen LogP contribution in [0.15, 0.2) is 41.2 Å². The van der Waals surface area contributed by atoms with Crippen molar-refractivity contribution in [2.75, 3.05) is 18.5 Å². The van der Waals surface area contributed by atoms with Gasteiger partial charge in [0.15, 0.2) is 0 Å². The second-order valence-electron chi connectivity index (χ2n) is 6.92. The molecular formula is C20H24N4O2S. The van der Waals surface area contributed by atoms with E-state index in [0.29, 0.717) is 10.9 Å². The number of anilines is 1. The minimum absolute atomic E-state index is 0.0961. The maximum absolute atomic E-state index is 12.3. The summed E-state index contributed by atoms with van der Waals surface area (Å²) in [6.45, 7) is 3.64. The topological polar surface area (TPSA) is 68.5 Å². The van der Waals surface area contributed by atoms with Crippen molar-refractivity contribution in [1.29, 1.82) is 0 Å². The van der Waals surface area contributed by atoms with E-state index in [1.54, 1.807) is 6.07 Å². The van der Waals surface area contributed by atoms with Crippen LogP contribution in [-0.2, 0) is 11.2 Å². The average Bonchev–Trinajstić information content (AvgIpc) is 3.11. The van der Waals surface area contributed by atoms with Gasteiger partial charge in [-0.1, -0.05) is 55.0 Å². The number of hydrogen-bond acceptors (Lipinski definition) is 6. The second kappa shape index (κ2) is 8.19. The number of aromatic nitrogens is 3. The predicted octanol–water partition coefficient (Wildman–Crippen LogP) is 3.68.